The number of halogens is 2. The van der Waals surface area contributed by atoms with Gasteiger partial charge in [-0.1, -0.05) is 11.6 Å². The van der Waals surface area contributed by atoms with Gasteiger partial charge < -0.3 is 14.8 Å². The number of rotatable bonds is 5. The first-order valence-electron chi connectivity index (χ1n) is 7.86. The van der Waals surface area contributed by atoms with Crippen molar-refractivity contribution in [2.75, 3.05) is 35.6 Å². The second kappa shape index (κ2) is 7.61. The van der Waals surface area contributed by atoms with Crippen molar-refractivity contribution in [3.05, 3.63) is 47.2 Å². The number of nitrogens with one attached hydrogen (secondary N) is 1. The van der Waals surface area contributed by atoms with E-state index < -0.39 is 28.3 Å². The number of hydrogen-bond donors (Lipinski definition) is 1. The van der Waals surface area contributed by atoms with Gasteiger partial charge in [-0.25, -0.2) is 12.8 Å². The summed E-state index contributed by atoms with van der Waals surface area (Å²) >= 11 is 5.68. The summed E-state index contributed by atoms with van der Waals surface area (Å²) in [5.41, 5.74) is 0.510. The molecule has 0 radical (unpaired) electrons. The van der Waals surface area contributed by atoms with Gasteiger partial charge in [-0.15, -0.1) is 0 Å². The van der Waals surface area contributed by atoms with Gasteiger partial charge >= 0.3 is 0 Å². The molecule has 0 aromatic heterocycles. The van der Waals surface area contributed by atoms with E-state index in [0.717, 1.165) is 16.6 Å². The maximum atomic E-state index is 13.2. The van der Waals surface area contributed by atoms with Crippen molar-refractivity contribution in [3.63, 3.8) is 0 Å². The Bertz CT molecular complexity index is 983. The molecule has 2 aromatic carbocycles. The average molecular weight is 415 g/mol. The lowest BCUT2D eigenvalue weighted by atomic mass is 10.2. The highest BCUT2D eigenvalue weighted by Gasteiger charge is 2.23. The van der Waals surface area contributed by atoms with Gasteiger partial charge in [-0.2, -0.15) is 0 Å². The Hall–Kier alpha value is -2.52. The van der Waals surface area contributed by atoms with Crippen LogP contribution < -0.4 is 19.1 Å². The summed E-state index contributed by atoms with van der Waals surface area (Å²) in [5.74, 6) is -0.330. The van der Waals surface area contributed by atoms with Crippen LogP contribution in [0.3, 0.4) is 0 Å². The van der Waals surface area contributed by atoms with Crippen LogP contribution in [0.1, 0.15) is 0 Å². The Morgan fingerprint density at radius 3 is 2.56 bits per heavy atom. The van der Waals surface area contributed by atoms with E-state index in [2.05, 4.69) is 5.32 Å². The second-order valence-corrected chi connectivity index (χ2v) is 8.09. The molecule has 0 spiro atoms. The van der Waals surface area contributed by atoms with Gasteiger partial charge in [-0.3, -0.25) is 9.10 Å². The molecule has 1 N–H and O–H groups in total. The molecule has 0 saturated heterocycles. The van der Waals surface area contributed by atoms with Gasteiger partial charge in [0.05, 0.1) is 17.0 Å². The molecule has 27 heavy (non-hydrogen) atoms. The van der Waals surface area contributed by atoms with Crippen LogP contribution >= 0.6 is 11.6 Å². The van der Waals surface area contributed by atoms with E-state index in [-0.39, 0.29) is 16.4 Å². The van der Waals surface area contributed by atoms with Gasteiger partial charge in [0.25, 0.3) is 0 Å². The van der Waals surface area contributed by atoms with Gasteiger partial charge in [-0.05, 0) is 30.3 Å². The molecule has 0 bridgehead atoms. The summed E-state index contributed by atoms with van der Waals surface area (Å²) in [7, 11) is -3.76. The van der Waals surface area contributed by atoms with Crippen molar-refractivity contribution in [2.45, 2.75) is 0 Å². The third-order valence-electron chi connectivity index (χ3n) is 3.70. The molecule has 3 rings (SSSR count). The van der Waals surface area contributed by atoms with Crippen LogP contribution in [-0.4, -0.2) is 40.3 Å². The number of fused-ring (bicyclic) bond motifs is 1. The Kier molecular flexibility index (Phi) is 5.43. The molecule has 1 heterocycles. The molecule has 10 heteroatoms. The zero-order valence-electron chi connectivity index (χ0n) is 14.2. The van der Waals surface area contributed by atoms with Gasteiger partial charge in [0.1, 0.15) is 25.6 Å². The lowest BCUT2D eigenvalue weighted by Crippen LogP contribution is -2.37. The number of ether oxygens (including phenoxy) is 2. The summed E-state index contributed by atoms with van der Waals surface area (Å²) in [6, 6.07) is 8.28. The second-order valence-electron chi connectivity index (χ2n) is 5.77. The molecule has 0 aliphatic carbocycles. The van der Waals surface area contributed by atoms with E-state index in [0.29, 0.717) is 24.7 Å². The average Bonchev–Trinajstić information content (AvgIpc) is 2.61. The number of hydrogen-bond acceptors (Lipinski definition) is 5. The number of sulfonamides is 1. The number of benzene rings is 2. The number of amides is 1. The Morgan fingerprint density at radius 1 is 1.19 bits per heavy atom. The van der Waals surface area contributed by atoms with Crippen LogP contribution in [-0.2, 0) is 14.8 Å². The fourth-order valence-corrected chi connectivity index (χ4v) is 3.52. The van der Waals surface area contributed by atoms with Crippen molar-refractivity contribution in [3.8, 4) is 11.5 Å². The van der Waals surface area contributed by atoms with E-state index >= 15 is 0 Å². The lowest BCUT2D eigenvalue weighted by molar-refractivity contribution is -0.114. The normalized spacial score (nSPS) is 13.1. The predicted molar refractivity (Wildman–Crippen MR) is 99.7 cm³/mol. The number of anilines is 2. The molecule has 0 fully saturated rings. The molecule has 0 unspecified atom stereocenters. The number of carbonyl (C=O) groups excluding carboxylic acids is 1. The minimum absolute atomic E-state index is 0.153. The number of carbonyl (C=O) groups is 1. The minimum atomic E-state index is -3.76. The maximum Gasteiger partial charge on any atom is 0.245 e. The first kappa shape index (κ1) is 19.2. The van der Waals surface area contributed by atoms with Gasteiger partial charge in [0, 0.05) is 11.8 Å². The maximum absolute atomic E-state index is 13.2. The summed E-state index contributed by atoms with van der Waals surface area (Å²) in [6.45, 7) is 0.277. The Labute approximate surface area is 160 Å². The smallest absolute Gasteiger partial charge is 0.245 e. The van der Waals surface area contributed by atoms with E-state index in [9.17, 15) is 17.6 Å². The molecular formula is C17H16ClFN2O5S. The standard InChI is InChI=1S/C17H16ClFN2O5S/c1-27(23,24)21(12-3-5-15-16(9-12)26-7-6-25-15)10-17(22)20-11-2-4-14(19)13(18)8-11/h2-5,8-9H,6-7,10H2,1H3,(H,20,22). The Balaban J connectivity index is 1.81. The predicted octanol–water partition coefficient (Wildman–Crippen LogP) is 2.66. The lowest BCUT2D eigenvalue weighted by Gasteiger charge is -2.24. The highest BCUT2D eigenvalue weighted by molar-refractivity contribution is 7.92. The third-order valence-corrected chi connectivity index (χ3v) is 5.13. The van der Waals surface area contributed by atoms with Crippen LogP contribution in [0.5, 0.6) is 11.5 Å². The first-order chi connectivity index (χ1) is 12.7. The molecule has 7 nitrogen and oxygen atoms in total. The fourth-order valence-electron chi connectivity index (χ4n) is 2.49. The van der Waals surface area contributed by atoms with Crippen molar-refractivity contribution in [1.29, 1.82) is 0 Å². The van der Waals surface area contributed by atoms with Crippen LogP contribution in [0.25, 0.3) is 0 Å². The quantitative estimate of drug-likeness (QED) is 0.813. The molecule has 1 aliphatic rings. The van der Waals surface area contributed by atoms with Crippen molar-refractivity contribution < 1.29 is 27.1 Å². The van der Waals surface area contributed by atoms with Crippen LogP contribution in [0, 0.1) is 5.82 Å². The van der Waals surface area contributed by atoms with Crippen LogP contribution in [0.2, 0.25) is 5.02 Å². The van der Waals surface area contributed by atoms with E-state index in [1.54, 1.807) is 6.07 Å². The minimum Gasteiger partial charge on any atom is -0.486 e. The van der Waals surface area contributed by atoms with E-state index in [4.69, 9.17) is 21.1 Å². The molecule has 144 valence electrons. The fraction of sp³-hybridized carbons (Fsp3) is 0.235. The van der Waals surface area contributed by atoms with Gasteiger partial charge in [0.2, 0.25) is 15.9 Å². The Morgan fingerprint density at radius 2 is 1.89 bits per heavy atom. The summed E-state index contributed by atoms with van der Waals surface area (Å²) in [4.78, 5) is 12.3. The summed E-state index contributed by atoms with van der Waals surface area (Å²) in [6.07, 6.45) is 0.992. The van der Waals surface area contributed by atoms with Crippen LogP contribution in [0.4, 0.5) is 15.8 Å². The SMILES string of the molecule is CS(=O)(=O)N(CC(=O)Nc1ccc(F)c(Cl)c1)c1ccc2c(c1)OCCO2. The molecule has 1 amide bonds. The topological polar surface area (TPSA) is 84.9 Å². The number of nitrogens with zero attached hydrogens (tertiary/aromatic N) is 1. The van der Waals surface area contributed by atoms with E-state index in [1.807, 2.05) is 0 Å². The molecule has 0 saturated carbocycles. The molecular weight excluding hydrogens is 399 g/mol. The van der Waals surface area contributed by atoms with Gasteiger partial charge in [0.15, 0.2) is 11.5 Å². The highest BCUT2D eigenvalue weighted by atomic mass is 35.5. The van der Waals surface area contributed by atoms with E-state index in [1.165, 1.54) is 24.3 Å². The van der Waals surface area contributed by atoms with Crippen molar-refractivity contribution in [1.82, 2.24) is 0 Å². The summed E-state index contributed by atoms with van der Waals surface area (Å²) in [5, 5.41) is 2.34. The third kappa shape index (κ3) is 4.61. The summed E-state index contributed by atoms with van der Waals surface area (Å²) < 4.78 is 49.4. The zero-order valence-corrected chi connectivity index (χ0v) is 15.8. The first-order valence-corrected chi connectivity index (χ1v) is 10.1. The monoisotopic (exact) mass is 414 g/mol. The molecule has 0 atom stereocenters. The zero-order chi connectivity index (χ0) is 19.6. The van der Waals surface area contributed by atoms with Crippen molar-refractivity contribution >= 4 is 38.9 Å². The van der Waals surface area contributed by atoms with Crippen molar-refractivity contribution in [2.24, 2.45) is 0 Å². The largest absolute Gasteiger partial charge is 0.486 e. The molecule has 2 aromatic rings. The molecule has 1 aliphatic heterocycles. The van der Waals surface area contributed by atoms with Crippen LogP contribution in [0.15, 0.2) is 36.4 Å². The highest BCUT2D eigenvalue weighted by Crippen LogP contribution is 2.34.